The molecule has 0 aromatic heterocycles. The highest BCUT2D eigenvalue weighted by atomic mass is 16.5. The second-order valence-corrected chi connectivity index (χ2v) is 7.52. The van der Waals surface area contributed by atoms with Gasteiger partial charge in [-0.15, -0.1) is 0 Å². The molecule has 0 bridgehead atoms. The van der Waals surface area contributed by atoms with Crippen molar-refractivity contribution in [2.45, 2.75) is 44.9 Å². The van der Waals surface area contributed by atoms with E-state index in [1.165, 1.54) is 0 Å². The molecule has 0 saturated carbocycles. The van der Waals surface area contributed by atoms with Crippen LogP contribution in [0.1, 0.15) is 36.8 Å². The van der Waals surface area contributed by atoms with Gasteiger partial charge in [0, 0.05) is 26.3 Å². The van der Waals surface area contributed by atoms with Crippen LogP contribution in [0.15, 0.2) is 65.7 Å². The van der Waals surface area contributed by atoms with Gasteiger partial charge in [-0.25, -0.2) is 9.79 Å². The van der Waals surface area contributed by atoms with E-state index in [-0.39, 0.29) is 12.6 Å². The van der Waals surface area contributed by atoms with Crippen LogP contribution < -0.4 is 16.0 Å². The van der Waals surface area contributed by atoms with E-state index in [0.717, 1.165) is 36.8 Å². The van der Waals surface area contributed by atoms with Crippen LogP contribution in [0.25, 0.3) is 0 Å². The van der Waals surface area contributed by atoms with Crippen molar-refractivity contribution in [3.05, 3.63) is 71.8 Å². The molecule has 0 fully saturated rings. The van der Waals surface area contributed by atoms with Gasteiger partial charge in [-0.3, -0.25) is 10.1 Å². The Morgan fingerprint density at radius 2 is 1.70 bits per heavy atom. The minimum absolute atomic E-state index is 0.0345. The Balaban J connectivity index is 1.89. The molecule has 8 heteroatoms. The first-order valence-electron chi connectivity index (χ1n) is 11.2. The summed E-state index contributed by atoms with van der Waals surface area (Å²) in [5.74, 6) is 0.334. The predicted molar refractivity (Wildman–Crippen MR) is 129 cm³/mol. The van der Waals surface area contributed by atoms with E-state index >= 15 is 0 Å². The van der Waals surface area contributed by atoms with Gasteiger partial charge in [0.25, 0.3) is 0 Å². The Kier molecular flexibility index (Phi) is 12.8. The van der Waals surface area contributed by atoms with Crippen molar-refractivity contribution in [2.75, 3.05) is 20.3 Å². The second-order valence-electron chi connectivity index (χ2n) is 7.52. The first-order chi connectivity index (χ1) is 16.2. The smallest absolute Gasteiger partial charge is 0.414 e. The Morgan fingerprint density at radius 3 is 2.36 bits per heavy atom. The van der Waals surface area contributed by atoms with Gasteiger partial charge in [-0.1, -0.05) is 60.7 Å². The van der Waals surface area contributed by atoms with E-state index < -0.39 is 6.09 Å². The highest BCUT2D eigenvalue weighted by Crippen LogP contribution is 2.05. The average molecular weight is 455 g/mol. The lowest BCUT2D eigenvalue weighted by Gasteiger charge is -2.17. The lowest BCUT2D eigenvalue weighted by atomic mass is 10.1. The lowest BCUT2D eigenvalue weighted by molar-refractivity contribution is -0.110. The van der Waals surface area contributed by atoms with Crippen LogP contribution in [-0.2, 0) is 27.4 Å². The third-order valence-electron chi connectivity index (χ3n) is 4.94. The highest BCUT2D eigenvalue weighted by Gasteiger charge is 2.11. The number of rotatable bonds is 14. The summed E-state index contributed by atoms with van der Waals surface area (Å²) in [4.78, 5) is 27.8. The van der Waals surface area contributed by atoms with Gasteiger partial charge in [0.1, 0.15) is 6.61 Å². The number of nitrogens with one attached hydrogen (secondary N) is 3. The average Bonchev–Trinajstić information content (AvgIpc) is 2.85. The number of carbonyl (C=O) groups excluding carboxylic acids is 2. The summed E-state index contributed by atoms with van der Waals surface area (Å²) in [5.41, 5.74) is 1.93. The summed E-state index contributed by atoms with van der Waals surface area (Å²) in [5, 5.41) is 8.72. The summed E-state index contributed by atoms with van der Waals surface area (Å²) in [6.45, 7) is 1.82. The van der Waals surface area contributed by atoms with Gasteiger partial charge in [-0.05, 0) is 36.8 Å². The third kappa shape index (κ3) is 11.7. The first kappa shape index (κ1) is 25.9. The molecule has 2 amide bonds. The van der Waals surface area contributed by atoms with Crippen molar-refractivity contribution in [1.82, 2.24) is 16.0 Å². The maximum absolute atomic E-state index is 12.3. The molecule has 0 heterocycles. The SMILES string of the molecule is COCCCCC(CCNC(=NCc1ccccc1)NC(=O)OCc1ccccc1)NC=O. The van der Waals surface area contributed by atoms with Gasteiger partial charge in [-0.2, -0.15) is 0 Å². The number of methoxy groups -OCH3 is 1. The van der Waals surface area contributed by atoms with Crippen LogP contribution in [0.5, 0.6) is 0 Å². The standard InChI is InChI=1S/C25H34N4O4/c1-32-17-9-8-14-23(28-20-30)15-16-26-24(27-18-21-10-4-2-5-11-21)29-25(31)33-19-22-12-6-3-7-13-22/h2-7,10-13,20,23H,8-9,14-19H2,1H3,(H,28,30)(H2,26,27,29,31). The van der Waals surface area contributed by atoms with Gasteiger partial charge in [0.05, 0.1) is 6.54 Å². The van der Waals surface area contributed by atoms with Gasteiger partial charge >= 0.3 is 6.09 Å². The summed E-state index contributed by atoms with van der Waals surface area (Å²) >= 11 is 0. The summed E-state index contributed by atoms with van der Waals surface area (Å²) in [6.07, 6.45) is 3.59. The largest absolute Gasteiger partial charge is 0.444 e. The van der Waals surface area contributed by atoms with E-state index in [2.05, 4.69) is 20.9 Å². The predicted octanol–water partition coefficient (Wildman–Crippen LogP) is 3.38. The second kappa shape index (κ2) is 16.3. The molecule has 0 spiro atoms. The number of amides is 2. The quantitative estimate of drug-likeness (QED) is 0.176. The van der Waals surface area contributed by atoms with Crippen LogP contribution >= 0.6 is 0 Å². The molecular weight excluding hydrogens is 420 g/mol. The Labute approximate surface area is 195 Å². The zero-order valence-electron chi connectivity index (χ0n) is 19.2. The van der Waals surface area contributed by atoms with Crippen molar-refractivity contribution in [3.8, 4) is 0 Å². The van der Waals surface area contributed by atoms with E-state index in [0.29, 0.717) is 32.1 Å². The maximum Gasteiger partial charge on any atom is 0.414 e. The van der Waals surface area contributed by atoms with Crippen LogP contribution in [0.2, 0.25) is 0 Å². The van der Waals surface area contributed by atoms with Gasteiger partial charge < -0.3 is 20.1 Å². The zero-order valence-corrected chi connectivity index (χ0v) is 19.2. The summed E-state index contributed by atoms with van der Waals surface area (Å²) in [7, 11) is 1.68. The number of hydrogen-bond acceptors (Lipinski definition) is 5. The van der Waals surface area contributed by atoms with E-state index in [1.807, 2.05) is 60.7 Å². The number of guanidine groups is 1. The fourth-order valence-electron chi connectivity index (χ4n) is 3.16. The summed E-state index contributed by atoms with van der Waals surface area (Å²) in [6, 6.07) is 19.3. The number of ether oxygens (including phenoxy) is 2. The molecule has 2 rings (SSSR count). The van der Waals surface area contributed by atoms with Crippen LogP contribution in [0.3, 0.4) is 0 Å². The molecule has 33 heavy (non-hydrogen) atoms. The summed E-state index contributed by atoms with van der Waals surface area (Å²) < 4.78 is 10.4. The fraction of sp³-hybridized carbons (Fsp3) is 0.400. The maximum atomic E-state index is 12.3. The minimum Gasteiger partial charge on any atom is -0.444 e. The van der Waals surface area contributed by atoms with Crippen LogP contribution in [-0.4, -0.2) is 44.8 Å². The Hall–Kier alpha value is -3.39. The number of unbranched alkanes of at least 4 members (excludes halogenated alkanes) is 1. The molecule has 3 N–H and O–H groups in total. The van der Waals surface area contributed by atoms with E-state index in [1.54, 1.807) is 7.11 Å². The zero-order chi connectivity index (χ0) is 23.6. The molecule has 0 aliphatic carbocycles. The number of hydrogen-bond donors (Lipinski definition) is 3. The van der Waals surface area contributed by atoms with Crippen LogP contribution in [0.4, 0.5) is 4.79 Å². The molecule has 2 aromatic carbocycles. The van der Waals surface area contributed by atoms with Crippen molar-refractivity contribution in [2.24, 2.45) is 4.99 Å². The fourth-order valence-corrected chi connectivity index (χ4v) is 3.16. The number of alkyl carbamates (subject to hydrolysis) is 1. The lowest BCUT2D eigenvalue weighted by Crippen LogP contribution is -2.43. The minimum atomic E-state index is -0.583. The first-order valence-corrected chi connectivity index (χ1v) is 11.2. The molecular formula is C25H34N4O4. The number of nitrogens with zero attached hydrogens (tertiary/aromatic N) is 1. The van der Waals surface area contributed by atoms with E-state index in [9.17, 15) is 9.59 Å². The topological polar surface area (TPSA) is 101 Å². The number of benzene rings is 2. The molecule has 1 atom stereocenters. The Bertz CT molecular complexity index is 831. The highest BCUT2D eigenvalue weighted by molar-refractivity contribution is 5.93. The normalized spacial score (nSPS) is 12.0. The third-order valence-corrected chi connectivity index (χ3v) is 4.94. The van der Waals surface area contributed by atoms with E-state index in [4.69, 9.17) is 9.47 Å². The monoisotopic (exact) mass is 454 g/mol. The van der Waals surface area contributed by atoms with Gasteiger partial charge in [0.2, 0.25) is 12.4 Å². The molecule has 2 aromatic rings. The van der Waals surface area contributed by atoms with Crippen molar-refractivity contribution < 1.29 is 19.1 Å². The van der Waals surface area contributed by atoms with Crippen molar-refractivity contribution in [1.29, 1.82) is 0 Å². The molecule has 0 radical (unpaired) electrons. The van der Waals surface area contributed by atoms with Crippen LogP contribution in [0, 0.1) is 0 Å². The van der Waals surface area contributed by atoms with Crippen molar-refractivity contribution in [3.63, 3.8) is 0 Å². The Morgan fingerprint density at radius 1 is 1.00 bits per heavy atom. The van der Waals surface area contributed by atoms with Crippen molar-refractivity contribution >= 4 is 18.5 Å². The number of aliphatic imine (C=N–C) groups is 1. The molecule has 0 aliphatic rings. The van der Waals surface area contributed by atoms with Gasteiger partial charge in [0.15, 0.2) is 0 Å². The number of carbonyl (C=O) groups is 2. The molecule has 1 unspecified atom stereocenters. The molecule has 8 nitrogen and oxygen atoms in total. The molecule has 0 aliphatic heterocycles. The molecule has 178 valence electrons. The molecule has 0 saturated heterocycles.